The summed E-state index contributed by atoms with van der Waals surface area (Å²) in [7, 11) is 0. The summed E-state index contributed by atoms with van der Waals surface area (Å²) in [5, 5.41) is 3.32. The quantitative estimate of drug-likeness (QED) is 0.744. The van der Waals surface area contributed by atoms with Gasteiger partial charge in [0.15, 0.2) is 0 Å². The number of hydrogen-bond acceptors (Lipinski definition) is 4. The third kappa shape index (κ3) is 6.72. The van der Waals surface area contributed by atoms with E-state index in [-0.39, 0.29) is 43.2 Å². The van der Waals surface area contributed by atoms with Crippen LogP contribution in [0.25, 0.3) is 0 Å². The van der Waals surface area contributed by atoms with E-state index in [1.807, 2.05) is 12.1 Å². The Kier molecular flexibility index (Phi) is 9.63. The highest BCUT2D eigenvalue weighted by atomic mass is 35.5. The summed E-state index contributed by atoms with van der Waals surface area (Å²) in [4.78, 5) is 26.1. The van der Waals surface area contributed by atoms with Gasteiger partial charge in [0.05, 0.1) is 24.0 Å². The number of carbonyl (C=O) groups is 2. The molecular formula is C17H25Cl2N3O3. The first kappa shape index (κ1) is 21.5. The monoisotopic (exact) mass is 389 g/mol. The number of halogens is 2. The molecule has 1 atom stereocenters. The molecule has 1 aliphatic heterocycles. The second-order valence-corrected chi connectivity index (χ2v) is 6.19. The van der Waals surface area contributed by atoms with Crippen LogP contribution >= 0.6 is 24.0 Å². The third-order valence-corrected chi connectivity index (χ3v) is 4.31. The SMILES string of the molecule is Cl.NCCNC(=O)C1CCCN(C(=O)CCOc2ccccc2Cl)C1. The van der Waals surface area contributed by atoms with E-state index in [1.54, 1.807) is 17.0 Å². The van der Waals surface area contributed by atoms with E-state index in [2.05, 4.69) is 5.32 Å². The summed E-state index contributed by atoms with van der Waals surface area (Å²) in [5.74, 6) is 0.395. The minimum atomic E-state index is -0.154. The predicted octanol–water partition coefficient (Wildman–Crippen LogP) is 1.84. The molecule has 140 valence electrons. The Balaban J connectivity index is 0.00000312. The van der Waals surface area contributed by atoms with Crippen molar-refractivity contribution in [3.8, 4) is 5.75 Å². The van der Waals surface area contributed by atoms with Crippen molar-refractivity contribution < 1.29 is 14.3 Å². The van der Waals surface area contributed by atoms with Crippen molar-refractivity contribution >= 4 is 35.8 Å². The molecule has 1 saturated heterocycles. The van der Waals surface area contributed by atoms with E-state index >= 15 is 0 Å². The first-order chi connectivity index (χ1) is 11.6. The zero-order valence-electron chi connectivity index (χ0n) is 14.1. The largest absolute Gasteiger partial charge is 0.491 e. The number of hydrogen-bond donors (Lipinski definition) is 2. The summed E-state index contributed by atoms with van der Waals surface area (Å²) >= 11 is 6.01. The molecule has 0 radical (unpaired) electrons. The van der Waals surface area contributed by atoms with E-state index < -0.39 is 0 Å². The maximum absolute atomic E-state index is 12.3. The lowest BCUT2D eigenvalue weighted by Gasteiger charge is -2.32. The van der Waals surface area contributed by atoms with Crippen LogP contribution in [0.5, 0.6) is 5.75 Å². The molecule has 1 aliphatic rings. The molecular weight excluding hydrogens is 365 g/mol. The zero-order valence-corrected chi connectivity index (χ0v) is 15.7. The number of ether oxygens (including phenoxy) is 1. The smallest absolute Gasteiger partial charge is 0.226 e. The second-order valence-electron chi connectivity index (χ2n) is 5.79. The van der Waals surface area contributed by atoms with E-state index in [0.29, 0.717) is 37.0 Å². The minimum absolute atomic E-state index is 0. The number of nitrogens with two attached hydrogens (primary N) is 1. The number of benzene rings is 1. The highest BCUT2D eigenvalue weighted by Crippen LogP contribution is 2.23. The van der Waals surface area contributed by atoms with Crippen LogP contribution in [0.1, 0.15) is 19.3 Å². The van der Waals surface area contributed by atoms with Gasteiger partial charge >= 0.3 is 0 Å². The lowest BCUT2D eigenvalue weighted by molar-refractivity contribution is -0.136. The maximum atomic E-state index is 12.3. The Morgan fingerprint density at radius 3 is 2.84 bits per heavy atom. The first-order valence-electron chi connectivity index (χ1n) is 8.24. The molecule has 3 N–H and O–H groups in total. The van der Waals surface area contributed by atoms with Gasteiger partial charge in [-0.2, -0.15) is 0 Å². The van der Waals surface area contributed by atoms with E-state index in [1.165, 1.54) is 0 Å². The predicted molar refractivity (Wildman–Crippen MR) is 100 cm³/mol. The lowest BCUT2D eigenvalue weighted by atomic mass is 9.97. The summed E-state index contributed by atoms with van der Waals surface area (Å²) in [6.45, 7) is 2.30. The number of carbonyl (C=O) groups excluding carboxylic acids is 2. The fourth-order valence-corrected chi connectivity index (χ4v) is 2.92. The Bertz CT molecular complexity index is 572. The number of nitrogens with one attached hydrogen (secondary N) is 1. The van der Waals surface area contributed by atoms with Crippen LogP contribution in [-0.4, -0.2) is 49.5 Å². The zero-order chi connectivity index (χ0) is 17.4. The van der Waals surface area contributed by atoms with Gasteiger partial charge in [-0.05, 0) is 25.0 Å². The molecule has 1 aromatic carbocycles. The van der Waals surface area contributed by atoms with Gasteiger partial charge in [-0.3, -0.25) is 9.59 Å². The van der Waals surface area contributed by atoms with Crippen molar-refractivity contribution in [2.45, 2.75) is 19.3 Å². The molecule has 0 aromatic heterocycles. The van der Waals surface area contributed by atoms with Crippen LogP contribution in [0.2, 0.25) is 5.02 Å². The van der Waals surface area contributed by atoms with Gasteiger partial charge in [-0.25, -0.2) is 0 Å². The Morgan fingerprint density at radius 2 is 2.12 bits per heavy atom. The van der Waals surface area contributed by atoms with Crippen LogP contribution in [0.3, 0.4) is 0 Å². The molecule has 1 unspecified atom stereocenters. The number of likely N-dealkylation sites (tertiary alicyclic amines) is 1. The molecule has 0 aliphatic carbocycles. The molecule has 1 fully saturated rings. The van der Waals surface area contributed by atoms with Crippen LogP contribution in [0.4, 0.5) is 0 Å². The van der Waals surface area contributed by atoms with Crippen LogP contribution in [0.15, 0.2) is 24.3 Å². The molecule has 0 bridgehead atoms. The number of nitrogens with zero attached hydrogens (tertiary/aromatic N) is 1. The Hall–Kier alpha value is -1.50. The lowest BCUT2D eigenvalue weighted by Crippen LogP contribution is -2.46. The van der Waals surface area contributed by atoms with E-state index in [9.17, 15) is 9.59 Å². The van der Waals surface area contributed by atoms with Gasteiger partial charge < -0.3 is 20.7 Å². The molecule has 8 heteroatoms. The van der Waals surface area contributed by atoms with Gasteiger partial charge in [-0.1, -0.05) is 23.7 Å². The van der Waals surface area contributed by atoms with Crippen molar-refractivity contribution in [2.75, 3.05) is 32.8 Å². The van der Waals surface area contributed by atoms with E-state index in [4.69, 9.17) is 22.1 Å². The normalized spacial score (nSPS) is 16.7. The maximum Gasteiger partial charge on any atom is 0.226 e. The summed E-state index contributed by atoms with van der Waals surface area (Å²) in [6, 6.07) is 7.17. The first-order valence-corrected chi connectivity index (χ1v) is 8.62. The Labute approximate surface area is 159 Å². The molecule has 1 heterocycles. The molecule has 25 heavy (non-hydrogen) atoms. The molecule has 2 amide bonds. The molecule has 6 nitrogen and oxygen atoms in total. The number of rotatable bonds is 7. The fraction of sp³-hybridized carbons (Fsp3) is 0.529. The average Bonchev–Trinajstić information content (AvgIpc) is 2.61. The minimum Gasteiger partial charge on any atom is -0.491 e. The number of amides is 2. The van der Waals surface area contributed by atoms with Gasteiger partial charge in [0.1, 0.15) is 5.75 Å². The van der Waals surface area contributed by atoms with Crippen molar-refractivity contribution in [3.05, 3.63) is 29.3 Å². The van der Waals surface area contributed by atoms with Gasteiger partial charge in [0.25, 0.3) is 0 Å². The standard InChI is InChI=1S/C17H24ClN3O3.ClH/c18-14-5-1-2-6-15(14)24-11-7-16(22)21-10-3-4-13(12-21)17(23)20-9-8-19;/h1-2,5-6,13H,3-4,7-12,19H2,(H,20,23);1H. The van der Waals surface area contributed by atoms with Crippen molar-refractivity contribution in [1.29, 1.82) is 0 Å². The molecule has 2 rings (SSSR count). The molecule has 1 aromatic rings. The van der Waals surface area contributed by atoms with Crippen LogP contribution in [0, 0.1) is 5.92 Å². The van der Waals surface area contributed by atoms with Crippen molar-refractivity contribution in [1.82, 2.24) is 10.2 Å². The molecule has 0 spiro atoms. The second kappa shape index (κ2) is 11.2. The topological polar surface area (TPSA) is 84.7 Å². The highest BCUT2D eigenvalue weighted by Gasteiger charge is 2.27. The van der Waals surface area contributed by atoms with Crippen LogP contribution in [-0.2, 0) is 9.59 Å². The van der Waals surface area contributed by atoms with Crippen molar-refractivity contribution in [2.24, 2.45) is 11.7 Å². The average molecular weight is 390 g/mol. The van der Waals surface area contributed by atoms with Gasteiger partial charge in [-0.15, -0.1) is 12.4 Å². The van der Waals surface area contributed by atoms with E-state index in [0.717, 1.165) is 12.8 Å². The number of piperidine rings is 1. The van der Waals surface area contributed by atoms with Gasteiger partial charge in [0.2, 0.25) is 11.8 Å². The highest BCUT2D eigenvalue weighted by molar-refractivity contribution is 6.32. The third-order valence-electron chi connectivity index (χ3n) is 4.00. The fourth-order valence-electron chi connectivity index (χ4n) is 2.73. The van der Waals surface area contributed by atoms with Crippen molar-refractivity contribution in [3.63, 3.8) is 0 Å². The summed E-state index contributed by atoms with van der Waals surface area (Å²) in [6.07, 6.45) is 1.90. The summed E-state index contributed by atoms with van der Waals surface area (Å²) in [5.41, 5.74) is 5.39. The van der Waals surface area contributed by atoms with Crippen LogP contribution < -0.4 is 15.8 Å². The summed E-state index contributed by atoms with van der Waals surface area (Å²) < 4.78 is 5.55. The molecule has 0 saturated carbocycles. The number of para-hydroxylation sites is 1. The Morgan fingerprint density at radius 1 is 1.36 bits per heavy atom. The van der Waals surface area contributed by atoms with Gasteiger partial charge in [0, 0.05) is 26.2 Å².